The summed E-state index contributed by atoms with van der Waals surface area (Å²) >= 11 is 0. The molecule has 1 aliphatic rings. The van der Waals surface area contributed by atoms with Crippen LogP contribution in [-0.4, -0.2) is 0 Å². The molecule has 0 heterocycles. The van der Waals surface area contributed by atoms with Gasteiger partial charge in [-0.2, -0.15) is 0 Å². The van der Waals surface area contributed by atoms with Crippen molar-refractivity contribution < 1.29 is 0 Å². The summed E-state index contributed by atoms with van der Waals surface area (Å²) in [7, 11) is 0. The summed E-state index contributed by atoms with van der Waals surface area (Å²) in [5.41, 5.74) is 0. The van der Waals surface area contributed by atoms with E-state index < -0.39 is 0 Å². The monoisotopic (exact) mass is 126 g/mol. The largest absolute Gasteiger partial charge is 0.0625 e. The van der Waals surface area contributed by atoms with Crippen molar-refractivity contribution >= 4 is 0 Å². The first-order valence-electron chi connectivity index (χ1n) is 3.59. The molecule has 0 atom stereocenters. The first kappa shape index (κ1) is 8.42. The molecule has 0 aromatic carbocycles. The van der Waals surface area contributed by atoms with Gasteiger partial charge in [-0.15, -0.1) is 0 Å². The summed E-state index contributed by atoms with van der Waals surface area (Å²) in [5, 5.41) is 12.0. The van der Waals surface area contributed by atoms with Crippen LogP contribution in [0.15, 0.2) is 0 Å². The Kier molecular flexibility index (Phi) is 5.20. The third-order valence-electron chi connectivity index (χ3n) is 1.89. The Hall–Kier alpha value is -0.580. The third-order valence-corrected chi connectivity index (χ3v) is 1.89. The summed E-state index contributed by atoms with van der Waals surface area (Å²) in [6.45, 7) is 2.36. The molecule has 0 unspecified atom stereocenters. The van der Waals surface area contributed by atoms with E-state index in [1.807, 2.05) is 0 Å². The van der Waals surface area contributed by atoms with E-state index >= 15 is 0 Å². The van der Waals surface area contributed by atoms with Crippen molar-refractivity contribution in [1.82, 2.24) is 0 Å². The van der Waals surface area contributed by atoms with Gasteiger partial charge in [0.05, 0.1) is 0 Å². The van der Waals surface area contributed by atoms with Crippen LogP contribution in [-0.2, 0) is 0 Å². The quantitative estimate of drug-likeness (QED) is 0.468. The molecule has 0 amide bonds. The van der Waals surface area contributed by atoms with Gasteiger partial charge in [0.2, 0.25) is 0 Å². The van der Waals surface area contributed by atoms with Crippen LogP contribution >= 0.6 is 0 Å². The molecule has 1 rings (SSSR count). The zero-order valence-electron chi connectivity index (χ0n) is 6.01. The number of hydrogen-bond donors (Lipinski definition) is 0. The van der Waals surface area contributed by atoms with Gasteiger partial charge in [-0.25, -0.2) is 0 Å². The first-order valence-corrected chi connectivity index (χ1v) is 3.59. The Bertz CT molecular complexity index is 72.2. The normalized spacial score (nSPS) is 19.9. The summed E-state index contributed by atoms with van der Waals surface area (Å²) in [6.07, 6.45) is 7.44. The maximum absolute atomic E-state index is 6.00. The maximum Gasteiger partial charge on any atom is 0 e. The third kappa shape index (κ3) is 3.96. The van der Waals surface area contributed by atoms with Crippen LogP contribution in [0, 0.1) is 16.7 Å². The van der Waals surface area contributed by atoms with Crippen molar-refractivity contribution in [2.24, 2.45) is 5.92 Å². The van der Waals surface area contributed by atoms with Crippen LogP contribution in [0.3, 0.4) is 0 Å². The standard InChI is InChI=1S/C7H14.N2/c1-7-5-3-2-4-6-7;1-2/h7H,2-6H2,1H3;. The molecular weight excluding hydrogens is 112 g/mol. The molecule has 0 radical (unpaired) electrons. The minimum absolute atomic E-state index is 1.04. The summed E-state index contributed by atoms with van der Waals surface area (Å²) in [6, 6.07) is 0. The molecular formula is C7H14N2. The number of rotatable bonds is 0. The molecule has 52 valence electrons. The fourth-order valence-electron chi connectivity index (χ4n) is 1.31. The maximum atomic E-state index is 6.00. The lowest BCUT2D eigenvalue weighted by atomic mass is 9.91. The van der Waals surface area contributed by atoms with E-state index in [2.05, 4.69) is 6.92 Å². The predicted molar refractivity (Wildman–Crippen MR) is 35.7 cm³/mol. The molecule has 0 bridgehead atoms. The topological polar surface area (TPSA) is 47.6 Å². The van der Waals surface area contributed by atoms with Crippen molar-refractivity contribution in [1.29, 1.82) is 10.8 Å². The highest BCUT2D eigenvalue weighted by Crippen LogP contribution is 2.21. The number of nitrogens with zero attached hydrogens (tertiary/aromatic N) is 2. The Morgan fingerprint density at radius 3 is 1.67 bits per heavy atom. The van der Waals surface area contributed by atoms with Crippen LogP contribution in [0.2, 0.25) is 0 Å². The fraction of sp³-hybridized carbons (Fsp3) is 1.00. The zero-order chi connectivity index (χ0) is 7.11. The lowest BCUT2D eigenvalue weighted by Gasteiger charge is -2.15. The average molecular weight is 126 g/mol. The fourth-order valence-corrected chi connectivity index (χ4v) is 1.31. The summed E-state index contributed by atoms with van der Waals surface area (Å²) in [4.78, 5) is 0. The number of hydrogen-bond acceptors (Lipinski definition) is 2. The van der Waals surface area contributed by atoms with Crippen molar-refractivity contribution in [3.05, 3.63) is 0 Å². The minimum Gasteiger partial charge on any atom is -0.0625 e. The predicted octanol–water partition coefficient (Wildman–Crippen LogP) is 2.62. The van der Waals surface area contributed by atoms with Crippen LogP contribution in [0.1, 0.15) is 39.0 Å². The molecule has 1 fully saturated rings. The molecule has 0 saturated heterocycles. The molecule has 0 aromatic heterocycles. The van der Waals surface area contributed by atoms with E-state index in [1.54, 1.807) is 0 Å². The zero-order valence-corrected chi connectivity index (χ0v) is 6.01. The van der Waals surface area contributed by atoms with E-state index in [0.717, 1.165) is 5.92 Å². The van der Waals surface area contributed by atoms with Crippen LogP contribution in [0.25, 0.3) is 0 Å². The van der Waals surface area contributed by atoms with Crippen LogP contribution in [0.5, 0.6) is 0 Å². The van der Waals surface area contributed by atoms with Gasteiger partial charge in [-0.05, 0) is 5.92 Å². The van der Waals surface area contributed by atoms with Crippen molar-refractivity contribution in [2.45, 2.75) is 39.0 Å². The van der Waals surface area contributed by atoms with Gasteiger partial charge in [-0.3, -0.25) is 0 Å². The lowest BCUT2D eigenvalue weighted by Crippen LogP contribution is -1.99. The molecule has 1 aliphatic carbocycles. The van der Waals surface area contributed by atoms with Crippen molar-refractivity contribution in [2.75, 3.05) is 0 Å². The summed E-state index contributed by atoms with van der Waals surface area (Å²) in [5.74, 6) is 1.04. The van der Waals surface area contributed by atoms with Gasteiger partial charge in [0.1, 0.15) is 0 Å². The Morgan fingerprint density at radius 1 is 1.00 bits per heavy atom. The molecule has 0 aromatic rings. The van der Waals surface area contributed by atoms with Crippen molar-refractivity contribution in [3.63, 3.8) is 0 Å². The van der Waals surface area contributed by atoms with Gasteiger partial charge in [-0.1, -0.05) is 39.0 Å². The highest BCUT2D eigenvalue weighted by Gasteiger charge is 2.05. The van der Waals surface area contributed by atoms with E-state index in [0.29, 0.717) is 0 Å². The minimum atomic E-state index is 1.04. The molecule has 0 aliphatic heterocycles. The Labute approximate surface area is 56.7 Å². The molecule has 9 heavy (non-hydrogen) atoms. The average Bonchev–Trinajstić information content (AvgIpc) is 1.94. The highest BCUT2D eigenvalue weighted by atomic mass is 14.6. The Balaban J connectivity index is 0.000000291. The highest BCUT2D eigenvalue weighted by molar-refractivity contribution is 4.59. The molecule has 2 nitrogen and oxygen atoms in total. The van der Waals surface area contributed by atoms with E-state index in [4.69, 9.17) is 10.8 Å². The Morgan fingerprint density at radius 2 is 1.44 bits per heavy atom. The summed E-state index contributed by atoms with van der Waals surface area (Å²) < 4.78 is 0. The first-order chi connectivity index (χ1) is 4.39. The van der Waals surface area contributed by atoms with E-state index in [-0.39, 0.29) is 0 Å². The second kappa shape index (κ2) is 5.55. The molecule has 0 spiro atoms. The SMILES string of the molecule is CC1CCCCC1.N#N. The van der Waals surface area contributed by atoms with Gasteiger partial charge in [0.25, 0.3) is 0 Å². The van der Waals surface area contributed by atoms with Gasteiger partial charge in [0.15, 0.2) is 0 Å². The van der Waals surface area contributed by atoms with Gasteiger partial charge < -0.3 is 0 Å². The molecule has 1 saturated carbocycles. The van der Waals surface area contributed by atoms with E-state index in [1.165, 1.54) is 32.1 Å². The van der Waals surface area contributed by atoms with Crippen molar-refractivity contribution in [3.8, 4) is 0 Å². The van der Waals surface area contributed by atoms with Gasteiger partial charge >= 0.3 is 0 Å². The molecule has 0 N–H and O–H groups in total. The smallest absolute Gasteiger partial charge is 0 e. The second-order valence-corrected chi connectivity index (χ2v) is 2.74. The van der Waals surface area contributed by atoms with Gasteiger partial charge in [0, 0.05) is 10.8 Å². The van der Waals surface area contributed by atoms with Crippen LogP contribution in [0.4, 0.5) is 0 Å². The second-order valence-electron chi connectivity index (χ2n) is 2.74. The molecule has 2 heteroatoms. The van der Waals surface area contributed by atoms with Crippen LogP contribution < -0.4 is 0 Å². The lowest BCUT2D eigenvalue weighted by molar-refractivity contribution is 0.385. The van der Waals surface area contributed by atoms with E-state index in [9.17, 15) is 0 Å².